The summed E-state index contributed by atoms with van der Waals surface area (Å²) >= 11 is 0. The molecule has 68 valence electrons. The zero-order valence-electron chi connectivity index (χ0n) is 7.12. The Balaban J connectivity index is 3.04. The predicted molar refractivity (Wildman–Crippen MR) is 47.9 cm³/mol. The van der Waals surface area contributed by atoms with E-state index in [2.05, 4.69) is 0 Å². The van der Waals surface area contributed by atoms with Crippen LogP contribution in [0.3, 0.4) is 0 Å². The van der Waals surface area contributed by atoms with Crippen molar-refractivity contribution in [3.05, 3.63) is 41.2 Å². The average Bonchev–Trinajstić information content (AvgIpc) is 2.08. The van der Waals surface area contributed by atoms with Gasteiger partial charge in [0.15, 0.2) is 0 Å². The van der Waals surface area contributed by atoms with Gasteiger partial charge in [-0.25, -0.2) is 4.79 Å². The Morgan fingerprint density at radius 1 is 1.46 bits per heavy atom. The van der Waals surface area contributed by atoms with Crippen LogP contribution in [-0.4, -0.2) is 11.1 Å². The van der Waals surface area contributed by atoms with E-state index in [1.54, 1.807) is 25.1 Å². The third-order valence-electron chi connectivity index (χ3n) is 1.67. The zero-order chi connectivity index (χ0) is 9.84. The van der Waals surface area contributed by atoms with Gasteiger partial charge in [-0.15, -0.1) is 0 Å². The van der Waals surface area contributed by atoms with Crippen molar-refractivity contribution in [3.63, 3.8) is 0 Å². The molecule has 0 heterocycles. The van der Waals surface area contributed by atoms with Crippen molar-refractivity contribution in [1.29, 1.82) is 0 Å². The topological polar surface area (TPSA) is 37.3 Å². The number of hydrogen-bond acceptors (Lipinski definition) is 1. The normalized spacial score (nSPS) is 11.4. The summed E-state index contributed by atoms with van der Waals surface area (Å²) in [5.41, 5.74) is 1.43. The van der Waals surface area contributed by atoms with Gasteiger partial charge in [-0.2, -0.15) is 4.39 Å². The highest BCUT2D eigenvalue weighted by Crippen LogP contribution is 2.12. The molecule has 1 aromatic rings. The van der Waals surface area contributed by atoms with Crippen LogP contribution in [0.25, 0.3) is 6.08 Å². The summed E-state index contributed by atoms with van der Waals surface area (Å²) in [6, 6.07) is 7.00. The van der Waals surface area contributed by atoms with E-state index in [0.29, 0.717) is 5.56 Å². The van der Waals surface area contributed by atoms with E-state index in [1.807, 2.05) is 6.07 Å². The van der Waals surface area contributed by atoms with Gasteiger partial charge >= 0.3 is 5.97 Å². The summed E-state index contributed by atoms with van der Waals surface area (Å²) in [6.45, 7) is 1.79. The minimum Gasteiger partial charge on any atom is -0.476 e. The Hall–Kier alpha value is -1.64. The van der Waals surface area contributed by atoms with Gasteiger partial charge in [0.05, 0.1) is 0 Å². The van der Waals surface area contributed by atoms with E-state index in [4.69, 9.17) is 5.11 Å². The molecule has 0 aromatic heterocycles. The Labute approximate surface area is 75.3 Å². The second-order valence-corrected chi connectivity index (χ2v) is 2.65. The quantitative estimate of drug-likeness (QED) is 0.709. The summed E-state index contributed by atoms with van der Waals surface area (Å²) in [7, 11) is 0. The highest BCUT2D eigenvalue weighted by Gasteiger charge is 2.05. The summed E-state index contributed by atoms with van der Waals surface area (Å²) < 4.78 is 12.7. The minimum atomic E-state index is -1.54. The molecule has 1 rings (SSSR count). The molecule has 0 saturated carbocycles. The number of benzene rings is 1. The lowest BCUT2D eigenvalue weighted by molar-refractivity contribution is -0.134. The van der Waals surface area contributed by atoms with Crippen molar-refractivity contribution < 1.29 is 14.3 Å². The first-order valence-electron chi connectivity index (χ1n) is 3.77. The molecule has 0 atom stereocenters. The third kappa shape index (κ3) is 2.40. The van der Waals surface area contributed by atoms with Crippen molar-refractivity contribution in [2.75, 3.05) is 0 Å². The van der Waals surface area contributed by atoms with Crippen LogP contribution in [0.15, 0.2) is 30.1 Å². The molecule has 0 amide bonds. The van der Waals surface area contributed by atoms with Crippen LogP contribution in [-0.2, 0) is 4.79 Å². The number of aryl methyl sites for hydroxylation is 1. The fraction of sp³-hybridized carbons (Fsp3) is 0.100. The number of aliphatic carboxylic acids is 1. The van der Waals surface area contributed by atoms with Crippen LogP contribution >= 0.6 is 0 Å². The van der Waals surface area contributed by atoms with Gasteiger partial charge < -0.3 is 5.11 Å². The maximum atomic E-state index is 12.7. The molecule has 0 aliphatic rings. The Bertz CT molecular complexity index is 356. The molecule has 2 nitrogen and oxygen atoms in total. The summed E-state index contributed by atoms with van der Waals surface area (Å²) in [6.07, 6.45) is 1.01. The molecule has 13 heavy (non-hydrogen) atoms. The van der Waals surface area contributed by atoms with Gasteiger partial charge in [-0.1, -0.05) is 24.3 Å². The van der Waals surface area contributed by atoms with E-state index < -0.39 is 11.8 Å². The van der Waals surface area contributed by atoms with E-state index >= 15 is 0 Å². The predicted octanol–water partition coefficient (Wildman–Crippen LogP) is 2.39. The molecule has 1 N–H and O–H groups in total. The maximum absolute atomic E-state index is 12.7. The van der Waals surface area contributed by atoms with E-state index in [9.17, 15) is 9.18 Å². The number of halogens is 1. The molecular formula is C10H9FO2. The largest absolute Gasteiger partial charge is 0.476 e. The van der Waals surface area contributed by atoms with Gasteiger partial charge in [0.2, 0.25) is 5.83 Å². The highest BCUT2D eigenvalue weighted by atomic mass is 19.1. The summed E-state index contributed by atoms with van der Waals surface area (Å²) in [4.78, 5) is 10.2. The Morgan fingerprint density at radius 2 is 2.08 bits per heavy atom. The van der Waals surface area contributed by atoms with E-state index in [1.165, 1.54) is 0 Å². The van der Waals surface area contributed by atoms with Crippen molar-refractivity contribution in [3.8, 4) is 0 Å². The monoisotopic (exact) mass is 180 g/mol. The molecule has 1 aromatic carbocycles. The number of carboxylic acids is 1. The maximum Gasteiger partial charge on any atom is 0.364 e. The third-order valence-corrected chi connectivity index (χ3v) is 1.67. The lowest BCUT2D eigenvalue weighted by Crippen LogP contribution is -1.94. The molecule has 0 saturated heterocycles. The molecule has 0 unspecified atom stereocenters. The Morgan fingerprint density at radius 3 is 2.62 bits per heavy atom. The number of hydrogen-bond donors (Lipinski definition) is 1. The van der Waals surface area contributed by atoms with Gasteiger partial charge in [0, 0.05) is 0 Å². The molecule has 0 fully saturated rings. The van der Waals surface area contributed by atoms with Crippen LogP contribution in [0.5, 0.6) is 0 Å². The second kappa shape index (κ2) is 3.85. The van der Waals surface area contributed by atoms with Gasteiger partial charge in [0.25, 0.3) is 0 Å². The summed E-state index contributed by atoms with van der Waals surface area (Å²) in [5.74, 6) is -2.68. The lowest BCUT2D eigenvalue weighted by Gasteiger charge is -1.97. The van der Waals surface area contributed by atoms with E-state index in [-0.39, 0.29) is 0 Å². The van der Waals surface area contributed by atoms with Crippen molar-refractivity contribution >= 4 is 12.0 Å². The number of rotatable bonds is 2. The molecule has 0 spiro atoms. The van der Waals surface area contributed by atoms with Crippen molar-refractivity contribution in [2.45, 2.75) is 6.92 Å². The van der Waals surface area contributed by atoms with Crippen LogP contribution in [0, 0.1) is 6.92 Å². The van der Waals surface area contributed by atoms with Crippen molar-refractivity contribution in [1.82, 2.24) is 0 Å². The van der Waals surface area contributed by atoms with Gasteiger partial charge in [-0.05, 0) is 24.1 Å². The minimum absolute atomic E-state index is 0.586. The highest BCUT2D eigenvalue weighted by molar-refractivity contribution is 5.89. The summed E-state index contributed by atoms with van der Waals surface area (Å²) in [5, 5.41) is 8.29. The molecule has 3 heteroatoms. The molecule has 0 aliphatic heterocycles. The first kappa shape index (κ1) is 9.45. The van der Waals surface area contributed by atoms with Crippen molar-refractivity contribution in [2.24, 2.45) is 0 Å². The number of carboxylic acid groups (broad SMARTS) is 1. The average molecular weight is 180 g/mol. The second-order valence-electron chi connectivity index (χ2n) is 2.65. The van der Waals surface area contributed by atoms with E-state index in [0.717, 1.165) is 11.6 Å². The van der Waals surface area contributed by atoms with Crippen LogP contribution in [0.4, 0.5) is 4.39 Å². The zero-order valence-corrected chi connectivity index (χ0v) is 7.12. The first-order valence-corrected chi connectivity index (χ1v) is 3.77. The van der Waals surface area contributed by atoms with Crippen LogP contribution < -0.4 is 0 Å². The molecule has 0 bridgehead atoms. The smallest absolute Gasteiger partial charge is 0.364 e. The fourth-order valence-electron chi connectivity index (χ4n) is 0.947. The van der Waals surface area contributed by atoms with Crippen LogP contribution in [0.2, 0.25) is 0 Å². The molecule has 0 radical (unpaired) electrons. The standard InChI is InChI=1S/C10H9FO2/c1-7-4-2-3-5-8(7)6-9(11)10(12)13/h2-6H,1H3,(H,12,13). The van der Waals surface area contributed by atoms with Gasteiger partial charge in [0.1, 0.15) is 0 Å². The molecular weight excluding hydrogens is 171 g/mol. The SMILES string of the molecule is Cc1ccccc1C=C(F)C(=O)O. The number of carbonyl (C=O) groups is 1. The van der Waals surface area contributed by atoms with Gasteiger partial charge in [-0.3, -0.25) is 0 Å². The van der Waals surface area contributed by atoms with Crippen LogP contribution in [0.1, 0.15) is 11.1 Å². The fourth-order valence-corrected chi connectivity index (χ4v) is 0.947. The first-order chi connectivity index (χ1) is 6.11. The lowest BCUT2D eigenvalue weighted by atomic mass is 10.1. The Kier molecular flexibility index (Phi) is 2.80. The molecule has 0 aliphatic carbocycles.